The van der Waals surface area contributed by atoms with Crippen LogP contribution in [0, 0.1) is 0 Å². The fraction of sp³-hybridized carbons (Fsp3) is 1.00. The maximum Gasteiger partial charge on any atom is 0.445 e. The van der Waals surface area contributed by atoms with Crippen LogP contribution in [0.2, 0.25) is 0 Å². The maximum atomic E-state index is 11.3. The summed E-state index contributed by atoms with van der Waals surface area (Å²) in [5.74, 6) is -3.47. The van der Waals surface area contributed by atoms with E-state index >= 15 is 0 Å². The van der Waals surface area contributed by atoms with Gasteiger partial charge in [0, 0.05) is 6.92 Å². The van der Waals surface area contributed by atoms with Crippen LogP contribution in [0.5, 0.6) is 0 Å². The van der Waals surface area contributed by atoms with Crippen LogP contribution >= 0.6 is 0 Å². The topological polar surface area (TPSA) is 49.7 Å². The van der Waals surface area contributed by atoms with Gasteiger partial charge in [-0.05, 0) is 0 Å². The zero-order valence-electron chi connectivity index (χ0n) is 4.44. The maximum absolute atomic E-state index is 11.3. The third-order valence-corrected chi connectivity index (χ3v) is 0.704. The van der Waals surface area contributed by atoms with Gasteiger partial charge in [-0.2, -0.15) is 18.1 Å². The molecule has 56 valence electrons. The molecule has 0 aliphatic carbocycles. The molecule has 0 spiro atoms. The fourth-order valence-electron chi connectivity index (χ4n) is 0.0518. The number of aliphatic hydroxyl groups is 1. The molecule has 0 aliphatic rings. The molecule has 0 saturated heterocycles. The Bertz CT molecular complexity index is 97.0. The highest BCUT2D eigenvalue weighted by atomic mass is 19.4. The molecule has 0 heterocycles. The lowest BCUT2D eigenvalue weighted by Gasteiger charge is -2.21. The van der Waals surface area contributed by atoms with Crippen molar-refractivity contribution in [3.05, 3.63) is 0 Å². The Kier molecular flexibility index (Phi) is 2.05. The van der Waals surface area contributed by atoms with Crippen LogP contribution in [0.4, 0.5) is 13.2 Å². The lowest BCUT2D eigenvalue weighted by Crippen LogP contribution is -2.43. The standard InChI is InChI=1S/C3H5F3O3/c1-2(7,9-8)3(4,5)6/h7-8H,1H3. The van der Waals surface area contributed by atoms with Crippen LogP contribution < -0.4 is 0 Å². The van der Waals surface area contributed by atoms with E-state index in [1.165, 1.54) is 0 Å². The Morgan fingerprint density at radius 2 is 1.67 bits per heavy atom. The molecule has 3 nitrogen and oxygen atoms in total. The van der Waals surface area contributed by atoms with Gasteiger partial charge in [0.15, 0.2) is 0 Å². The van der Waals surface area contributed by atoms with E-state index in [2.05, 4.69) is 4.89 Å². The zero-order chi connectivity index (χ0) is 7.71. The molecule has 0 saturated carbocycles. The van der Waals surface area contributed by atoms with Crippen LogP contribution in [0.3, 0.4) is 0 Å². The second-order valence-electron chi connectivity index (χ2n) is 1.57. The zero-order valence-corrected chi connectivity index (χ0v) is 4.44. The minimum Gasteiger partial charge on any atom is -0.357 e. The molecule has 0 bridgehead atoms. The third kappa shape index (κ3) is 1.81. The van der Waals surface area contributed by atoms with Crippen LogP contribution in [0.25, 0.3) is 0 Å². The van der Waals surface area contributed by atoms with Crippen molar-refractivity contribution in [3.8, 4) is 0 Å². The lowest BCUT2D eigenvalue weighted by molar-refractivity contribution is -0.461. The molecule has 1 atom stereocenters. The Morgan fingerprint density at radius 3 is 1.67 bits per heavy atom. The SMILES string of the molecule is CC(O)(OO)C(F)(F)F. The highest BCUT2D eigenvalue weighted by Crippen LogP contribution is 2.29. The summed E-state index contributed by atoms with van der Waals surface area (Å²) < 4.78 is 33.9. The van der Waals surface area contributed by atoms with E-state index in [1.807, 2.05) is 0 Å². The molecule has 0 radical (unpaired) electrons. The van der Waals surface area contributed by atoms with E-state index in [1.54, 1.807) is 0 Å². The van der Waals surface area contributed by atoms with Crippen molar-refractivity contribution in [1.29, 1.82) is 0 Å². The summed E-state index contributed by atoms with van der Waals surface area (Å²) in [7, 11) is 0. The Morgan fingerprint density at radius 1 is 1.33 bits per heavy atom. The van der Waals surface area contributed by atoms with Crippen molar-refractivity contribution in [2.45, 2.75) is 18.9 Å². The highest BCUT2D eigenvalue weighted by molar-refractivity contribution is 4.67. The van der Waals surface area contributed by atoms with Crippen molar-refractivity contribution in [1.82, 2.24) is 0 Å². The van der Waals surface area contributed by atoms with E-state index in [-0.39, 0.29) is 6.92 Å². The molecule has 1 unspecified atom stereocenters. The molecule has 0 aliphatic heterocycles. The van der Waals surface area contributed by atoms with Gasteiger partial charge in [-0.15, -0.1) is 0 Å². The van der Waals surface area contributed by atoms with Crippen molar-refractivity contribution >= 4 is 0 Å². The normalized spacial score (nSPS) is 19.3. The van der Waals surface area contributed by atoms with E-state index < -0.39 is 12.0 Å². The van der Waals surface area contributed by atoms with Gasteiger partial charge in [0.1, 0.15) is 0 Å². The van der Waals surface area contributed by atoms with Crippen LogP contribution in [-0.2, 0) is 4.89 Å². The molecule has 2 N–H and O–H groups in total. The van der Waals surface area contributed by atoms with Gasteiger partial charge < -0.3 is 5.11 Å². The Balaban J connectivity index is 4.14. The number of hydrogen-bond acceptors (Lipinski definition) is 3. The minimum atomic E-state index is -4.97. The van der Waals surface area contributed by atoms with Gasteiger partial charge in [-0.25, -0.2) is 5.26 Å². The van der Waals surface area contributed by atoms with Gasteiger partial charge in [0.2, 0.25) is 0 Å². The predicted octanol–water partition coefficient (Wildman–Crippen LogP) is 0.747. The Hall–Kier alpha value is -0.330. The van der Waals surface area contributed by atoms with Crippen molar-refractivity contribution in [3.63, 3.8) is 0 Å². The van der Waals surface area contributed by atoms with E-state index in [9.17, 15) is 13.2 Å². The molecular formula is C3H5F3O3. The van der Waals surface area contributed by atoms with Crippen LogP contribution in [-0.4, -0.2) is 22.3 Å². The fourth-order valence-corrected chi connectivity index (χ4v) is 0.0518. The quantitative estimate of drug-likeness (QED) is 0.326. The van der Waals surface area contributed by atoms with Gasteiger partial charge in [-0.1, -0.05) is 0 Å². The summed E-state index contributed by atoms with van der Waals surface area (Å²) in [5, 5.41) is 15.5. The molecule has 0 aromatic heterocycles. The van der Waals surface area contributed by atoms with Gasteiger partial charge in [-0.3, -0.25) is 0 Å². The van der Waals surface area contributed by atoms with E-state index in [0.717, 1.165) is 0 Å². The first-order chi connectivity index (χ1) is 3.81. The molecule has 0 aromatic rings. The lowest BCUT2D eigenvalue weighted by atomic mass is 10.3. The molecule has 0 amide bonds. The molecule has 6 heteroatoms. The smallest absolute Gasteiger partial charge is 0.357 e. The van der Waals surface area contributed by atoms with Gasteiger partial charge >= 0.3 is 6.18 Å². The summed E-state index contributed by atoms with van der Waals surface area (Å²) >= 11 is 0. The molecule has 0 fully saturated rings. The second-order valence-corrected chi connectivity index (χ2v) is 1.57. The van der Waals surface area contributed by atoms with Crippen molar-refractivity contribution < 1.29 is 28.4 Å². The number of rotatable bonds is 1. The summed E-state index contributed by atoms with van der Waals surface area (Å²) in [5.41, 5.74) is 0. The summed E-state index contributed by atoms with van der Waals surface area (Å²) in [6.07, 6.45) is -4.97. The van der Waals surface area contributed by atoms with Gasteiger partial charge in [0.25, 0.3) is 5.79 Å². The molecule has 0 rings (SSSR count). The predicted molar refractivity (Wildman–Crippen MR) is 20.4 cm³/mol. The van der Waals surface area contributed by atoms with Crippen LogP contribution in [0.15, 0.2) is 0 Å². The van der Waals surface area contributed by atoms with E-state index in [0.29, 0.717) is 0 Å². The average Bonchev–Trinajstić information content (AvgIpc) is 1.64. The van der Waals surface area contributed by atoms with E-state index in [4.69, 9.17) is 10.4 Å². The number of alkyl halides is 3. The summed E-state index contributed by atoms with van der Waals surface area (Å²) in [6.45, 7) is 0.285. The van der Waals surface area contributed by atoms with Gasteiger partial charge in [0.05, 0.1) is 0 Å². The molecular weight excluding hydrogens is 141 g/mol. The third-order valence-electron chi connectivity index (χ3n) is 0.704. The van der Waals surface area contributed by atoms with Crippen LogP contribution in [0.1, 0.15) is 6.92 Å². The number of hydrogen-bond donors (Lipinski definition) is 2. The Labute approximate surface area is 48.6 Å². The first-order valence-corrected chi connectivity index (χ1v) is 1.93. The second kappa shape index (κ2) is 2.13. The monoisotopic (exact) mass is 146 g/mol. The first-order valence-electron chi connectivity index (χ1n) is 1.93. The number of halogens is 3. The van der Waals surface area contributed by atoms with Crippen molar-refractivity contribution in [2.75, 3.05) is 0 Å². The van der Waals surface area contributed by atoms with Crippen molar-refractivity contribution in [2.24, 2.45) is 0 Å². The largest absolute Gasteiger partial charge is 0.445 e. The summed E-state index contributed by atoms with van der Waals surface area (Å²) in [6, 6.07) is 0. The average molecular weight is 146 g/mol. The highest BCUT2D eigenvalue weighted by Gasteiger charge is 2.52. The minimum absolute atomic E-state index is 0.285. The summed E-state index contributed by atoms with van der Waals surface area (Å²) in [4.78, 5) is 2.73. The molecule has 9 heavy (non-hydrogen) atoms. The molecule has 0 aromatic carbocycles. The first kappa shape index (κ1) is 8.67.